The van der Waals surface area contributed by atoms with Crippen molar-refractivity contribution >= 4 is 17.7 Å². The first-order chi connectivity index (χ1) is 14.5. The van der Waals surface area contributed by atoms with Crippen molar-refractivity contribution in [2.75, 3.05) is 13.1 Å². The predicted molar refractivity (Wildman–Crippen MR) is 112 cm³/mol. The third kappa shape index (κ3) is 3.95. The van der Waals surface area contributed by atoms with E-state index in [0.29, 0.717) is 24.6 Å². The Kier molecular flexibility index (Phi) is 6.09. The lowest BCUT2D eigenvalue weighted by Gasteiger charge is -2.39. The van der Waals surface area contributed by atoms with Crippen LogP contribution in [0.25, 0.3) is 0 Å². The van der Waals surface area contributed by atoms with E-state index in [0.717, 1.165) is 37.2 Å². The summed E-state index contributed by atoms with van der Waals surface area (Å²) in [5, 5.41) is 2.34. The molecular weight excluding hydrogens is 382 g/mol. The molecule has 0 aromatic heterocycles. The first-order valence-corrected chi connectivity index (χ1v) is 11.2. The van der Waals surface area contributed by atoms with Crippen molar-refractivity contribution in [1.82, 2.24) is 15.1 Å². The molecule has 7 nitrogen and oxygen atoms in total. The van der Waals surface area contributed by atoms with Crippen molar-refractivity contribution in [3.8, 4) is 5.75 Å². The van der Waals surface area contributed by atoms with E-state index in [1.807, 2.05) is 18.2 Å². The second-order valence-corrected chi connectivity index (χ2v) is 8.45. The number of nitrogens with zero attached hydrogens (tertiary/aromatic N) is 2. The molecule has 3 amide bonds. The van der Waals surface area contributed by atoms with Gasteiger partial charge in [-0.3, -0.25) is 24.6 Å². The minimum absolute atomic E-state index is 0.148. The van der Waals surface area contributed by atoms with E-state index >= 15 is 0 Å². The molecule has 1 saturated carbocycles. The number of benzene rings is 1. The second-order valence-electron chi connectivity index (χ2n) is 8.45. The van der Waals surface area contributed by atoms with Gasteiger partial charge in [-0.05, 0) is 62.5 Å². The number of hydrogen-bond donors (Lipinski definition) is 1. The van der Waals surface area contributed by atoms with Gasteiger partial charge in [0.25, 0.3) is 5.91 Å². The Morgan fingerprint density at radius 3 is 2.60 bits per heavy atom. The van der Waals surface area contributed by atoms with Gasteiger partial charge in [0, 0.05) is 24.6 Å². The first kappa shape index (κ1) is 20.8. The molecule has 1 unspecified atom stereocenters. The van der Waals surface area contributed by atoms with Crippen LogP contribution in [0.5, 0.6) is 5.75 Å². The molecular formula is C23H31N3O4. The Labute approximate surface area is 177 Å². The Bertz CT molecular complexity index is 836. The van der Waals surface area contributed by atoms with E-state index in [1.165, 1.54) is 12.8 Å². The van der Waals surface area contributed by atoms with Gasteiger partial charge in [-0.1, -0.05) is 20.3 Å². The van der Waals surface area contributed by atoms with Crippen LogP contribution in [0.1, 0.15) is 68.3 Å². The van der Waals surface area contributed by atoms with Crippen molar-refractivity contribution in [3.05, 3.63) is 29.3 Å². The minimum Gasteiger partial charge on any atom is -0.489 e. The number of fused-ring (bicyclic) bond motifs is 1. The van der Waals surface area contributed by atoms with Crippen LogP contribution in [0.4, 0.5) is 0 Å². The fourth-order valence-corrected chi connectivity index (χ4v) is 5.12. The van der Waals surface area contributed by atoms with Crippen molar-refractivity contribution < 1.29 is 19.1 Å². The highest BCUT2D eigenvalue weighted by molar-refractivity contribution is 6.05. The molecule has 2 fully saturated rings. The zero-order chi connectivity index (χ0) is 21.3. The number of rotatable bonds is 6. The van der Waals surface area contributed by atoms with Crippen LogP contribution >= 0.6 is 0 Å². The minimum atomic E-state index is -0.586. The number of nitrogens with one attached hydrogen (secondary N) is 1. The van der Waals surface area contributed by atoms with E-state index < -0.39 is 6.04 Å². The summed E-state index contributed by atoms with van der Waals surface area (Å²) in [5.41, 5.74) is 1.51. The van der Waals surface area contributed by atoms with Crippen LogP contribution in [0.3, 0.4) is 0 Å². The van der Waals surface area contributed by atoms with Crippen molar-refractivity contribution in [3.63, 3.8) is 0 Å². The molecule has 1 aromatic rings. The normalized spacial score (nSPS) is 26.7. The maximum Gasteiger partial charge on any atom is 0.255 e. The molecule has 0 radical (unpaired) electrons. The molecule has 2 aliphatic heterocycles. The zero-order valence-corrected chi connectivity index (χ0v) is 17.9. The van der Waals surface area contributed by atoms with Crippen LogP contribution in [0.2, 0.25) is 0 Å². The number of ether oxygens (including phenoxy) is 1. The zero-order valence-electron chi connectivity index (χ0n) is 17.9. The molecule has 2 heterocycles. The van der Waals surface area contributed by atoms with E-state index in [1.54, 1.807) is 4.90 Å². The van der Waals surface area contributed by atoms with E-state index in [2.05, 4.69) is 24.1 Å². The van der Waals surface area contributed by atoms with Crippen LogP contribution in [-0.4, -0.2) is 58.8 Å². The molecule has 0 spiro atoms. The van der Waals surface area contributed by atoms with Crippen molar-refractivity contribution in [2.24, 2.45) is 0 Å². The smallest absolute Gasteiger partial charge is 0.255 e. The standard InChI is InChI=1S/C23H31N3O4/c1-3-25(4-2)18-7-5-6-8-20(18)30-16-9-10-17-15(13-16)14-26(23(17)29)19-11-12-21(27)24-22(19)28/h9-10,13,18-20H,3-8,11-12,14H2,1-2H3,(H,24,27,28)/t18-,19?,20-/m0/s1. The largest absolute Gasteiger partial charge is 0.489 e. The second kappa shape index (κ2) is 8.76. The summed E-state index contributed by atoms with van der Waals surface area (Å²) in [4.78, 5) is 40.6. The molecule has 1 aliphatic carbocycles. The molecule has 4 rings (SSSR count). The van der Waals surface area contributed by atoms with Gasteiger partial charge in [0.1, 0.15) is 17.9 Å². The number of imide groups is 1. The Balaban J connectivity index is 1.48. The van der Waals surface area contributed by atoms with Crippen molar-refractivity contribution in [1.29, 1.82) is 0 Å². The summed E-state index contributed by atoms with van der Waals surface area (Å²) in [6.07, 6.45) is 5.40. The van der Waals surface area contributed by atoms with Gasteiger partial charge < -0.3 is 9.64 Å². The number of likely N-dealkylation sites (N-methyl/N-ethyl adjacent to an activating group) is 1. The molecule has 30 heavy (non-hydrogen) atoms. The molecule has 3 aliphatic rings. The average Bonchev–Trinajstić information content (AvgIpc) is 3.06. The Morgan fingerprint density at radius 1 is 1.10 bits per heavy atom. The lowest BCUT2D eigenvalue weighted by atomic mass is 9.91. The van der Waals surface area contributed by atoms with Crippen LogP contribution in [-0.2, 0) is 16.1 Å². The van der Waals surface area contributed by atoms with E-state index in [9.17, 15) is 14.4 Å². The predicted octanol–water partition coefficient (Wildman–Crippen LogP) is 2.48. The lowest BCUT2D eigenvalue weighted by Crippen LogP contribution is -2.52. The number of carbonyl (C=O) groups excluding carboxylic acids is 3. The van der Waals surface area contributed by atoms with Crippen LogP contribution in [0.15, 0.2) is 18.2 Å². The molecule has 1 saturated heterocycles. The maximum atomic E-state index is 12.9. The number of hydrogen-bond acceptors (Lipinski definition) is 5. The number of amides is 3. The Hall–Kier alpha value is -2.41. The molecule has 0 bridgehead atoms. The molecule has 1 N–H and O–H groups in total. The monoisotopic (exact) mass is 413 g/mol. The van der Waals surface area contributed by atoms with Gasteiger partial charge in [0.05, 0.1) is 0 Å². The maximum absolute atomic E-state index is 12.9. The highest BCUT2D eigenvalue weighted by Gasteiger charge is 2.39. The third-order valence-corrected chi connectivity index (χ3v) is 6.73. The molecule has 1 aromatic carbocycles. The lowest BCUT2D eigenvalue weighted by molar-refractivity contribution is -0.136. The highest BCUT2D eigenvalue weighted by Crippen LogP contribution is 2.32. The SMILES string of the molecule is CCN(CC)[C@H]1CCCC[C@@H]1Oc1ccc2c(c1)CN(C1CCC(=O)NC1=O)C2=O. The van der Waals surface area contributed by atoms with Gasteiger partial charge >= 0.3 is 0 Å². The van der Waals surface area contributed by atoms with E-state index in [-0.39, 0.29) is 30.2 Å². The van der Waals surface area contributed by atoms with Crippen LogP contribution < -0.4 is 10.1 Å². The van der Waals surface area contributed by atoms with E-state index in [4.69, 9.17) is 4.74 Å². The number of carbonyl (C=O) groups is 3. The highest BCUT2D eigenvalue weighted by atomic mass is 16.5. The third-order valence-electron chi connectivity index (χ3n) is 6.73. The topological polar surface area (TPSA) is 79.0 Å². The summed E-state index contributed by atoms with van der Waals surface area (Å²) < 4.78 is 6.43. The summed E-state index contributed by atoms with van der Waals surface area (Å²) in [6, 6.07) is 5.47. The number of piperidine rings is 1. The fourth-order valence-electron chi connectivity index (χ4n) is 5.12. The van der Waals surface area contributed by atoms with Gasteiger partial charge in [-0.2, -0.15) is 0 Å². The van der Waals surface area contributed by atoms with Gasteiger partial charge in [-0.15, -0.1) is 0 Å². The quantitative estimate of drug-likeness (QED) is 0.725. The van der Waals surface area contributed by atoms with Crippen molar-refractivity contribution in [2.45, 2.75) is 77.1 Å². The Morgan fingerprint density at radius 2 is 1.87 bits per heavy atom. The average molecular weight is 414 g/mol. The van der Waals surface area contributed by atoms with Gasteiger partial charge in [0.2, 0.25) is 11.8 Å². The molecule has 3 atom stereocenters. The van der Waals surface area contributed by atoms with Gasteiger partial charge in [-0.25, -0.2) is 0 Å². The summed E-state index contributed by atoms with van der Waals surface area (Å²) in [6.45, 7) is 6.79. The summed E-state index contributed by atoms with van der Waals surface area (Å²) in [5.74, 6) is -0.0139. The summed E-state index contributed by atoms with van der Waals surface area (Å²) in [7, 11) is 0. The molecule has 7 heteroatoms. The molecule has 162 valence electrons. The fraction of sp³-hybridized carbons (Fsp3) is 0.609. The van der Waals surface area contributed by atoms with Crippen LogP contribution in [0, 0.1) is 0 Å². The first-order valence-electron chi connectivity index (χ1n) is 11.2. The van der Waals surface area contributed by atoms with Gasteiger partial charge in [0.15, 0.2) is 0 Å². The summed E-state index contributed by atoms with van der Waals surface area (Å²) >= 11 is 0.